The van der Waals surface area contributed by atoms with E-state index in [0.29, 0.717) is 36.9 Å². The number of amidine groups is 3. The van der Waals surface area contributed by atoms with Crippen molar-refractivity contribution < 1.29 is 33.0 Å². The van der Waals surface area contributed by atoms with Gasteiger partial charge in [-0.15, -0.1) is 0 Å². The molecule has 20 heteroatoms. The molecule has 0 aromatic heterocycles. The topological polar surface area (TPSA) is 235 Å². The van der Waals surface area contributed by atoms with E-state index in [0.717, 1.165) is 106 Å². The highest BCUT2D eigenvalue weighted by Gasteiger charge is 2.25. The molecule has 87 heavy (non-hydrogen) atoms. The molecule has 5 aliphatic carbocycles. The number of Topliss-reactive ketones (excluding diaryl/α,β-unsaturated/α-hetero) is 3. The van der Waals surface area contributed by atoms with Crippen LogP contribution in [-0.2, 0) is 41.2 Å². The van der Waals surface area contributed by atoms with Crippen molar-refractivity contribution in [1.82, 2.24) is 20.0 Å². The number of terminal acetylenes is 1. The maximum absolute atomic E-state index is 11.6. The molecule has 5 N–H and O–H groups in total. The van der Waals surface area contributed by atoms with Crippen LogP contribution in [0.2, 0.25) is 0 Å². The summed E-state index contributed by atoms with van der Waals surface area (Å²) in [5.74, 6) is 3.42. The van der Waals surface area contributed by atoms with Crippen LogP contribution in [0.15, 0.2) is 106 Å². The van der Waals surface area contributed by atoms with Crippen molar-refractivity contribution in [3.05, 3.63) is 157 Å². The summed E-state index contributed by atoms with van der Waals surface area (Å²) < 4.78 is 5.39. The minimum atomic E-state index is -0.480. The Morgan fingerprint density at radius 3 is 1.39 bits per heavy atom. The molecule has 2 atom stereocenters. The fourth-order valence-electron chi connectivity index (χ4n) is 9.09. The van der Waals surface area contributed by atoms with Crippen LogP contribution in [0.3, 0.4) is 0 Å². The molecular weight excluding hydrogens is 1140 g/mol. The summed E-state index contributed by atoms with van der Waals surface area (Å²) in [4.78, 5) is 74.6. The highest BCUT2D eigenvalue weighted by atomic mass is 35.5. The summed E-state index contributed by atoms with van der Waals surface area (Å²) in [7, 11) is 15.7. The van der Waals surface area contributed by atoms with Crippen molar-refractivity contribution in [2.45, 2.75) is 126 Å². The highest BCUT2D eigenvalue weighted by molar-refractivity contribution is 6.63. The minimum absolute atomic E-state index is 0. The molecule has 0 fully saturated rings. The first-order valence-corrected chi connectivity index (χ1v) is 28.6. The zero-order valence-electron chi connectivity index (χ0n) is 51.3. The second-order valence-corrected chi connectivity index (χ2v) is 22.3. The van der Waals surface area contributed by atoms with Gasteiger partial charge in [-0.25, -0.2) is 19.6 Å². The number of nitrogen functional groups attached to an aromatic ring is 1. The van der Waals surface area contributed by atoms with E-state index in [1.807, 2.05) is 140 Å². The van der Waals surface area contributed by atoms with Crippen LogP contribution in [0.5, 0.6) is 0 Å². The van der Waals surface area contributed by atoms with E-state index in [4.69, 9.17) is 23.1 Å². The smallest absolute Gasteiger partial charge is 0.270 e. The zero-order chi connectivity index (χ0) is 63.2. The Labute approximate surface area is 526 Å². The lowest BCUT2D eigenvalue weighted by atomic mass is 10.1. The minimum Gasteiger partial charge on any atom is -0.399 e. The van der Waals surface area contributed by atoms with Gasteiger partial charge in [0.2, 0.25) is 11.1 Å². The van der Waals surface area contributed by atoms with Crippen molar-refractivity contribution >= 4 is 97.8 Å². The first kappa shape index (κ1) is 74.9. The predicted octanol–water partition coefficient (Wildman–Crippen LogP) is 13.1. The summed E-state index contributed by atoms with van der Waals surface area (Å²) in [6.45, 7) is 9.36. The van der Waals surface area contributed by atoms with Crippen LogP contribution in [-0.4, -0.2) is 127 Å². The van der Waals surface area contributed by atoms with Gasteiger partial charge >= 0.3 is 0 Å². The second kappa shape index (κ2) is 36.0. The van der Waals surface area contributed by atoms with E-state index >= 15 is 0 Å². The third-order valence-electron chi connectivity index (χ3n) is 14.6. The lowest BCUT2D eigenvalue weighted by molar-refractivity contribution is -0.462. The molecule has 5 aromatic rings. The molecular formula is C67H90Cl2N11O7+. The maximum Gasteiger partial charge on any atom is 0.270 e. The SMILES string of the molecule is C.C.C#COCl.CC(=Nc1ccc2c(c1)C(=O)CC2)N(C)C.CC(=Nc1ccc2c(c1)C(N)CC2)N(C)C.CC(=O)NC1CCc2ccc(N=C(C)N(C)C)cc21.CC(Cl)=[N+](C)C.Nc1ccc2c(c1)C(=O)CC2.O=C1CCc2ccc([N+](=O)[O-])cc21. The third kappa shape index (κ3) is 23.2. The molecule has 0 spiro atoms. The van der Waals surface area contributed by atoms with Crippen molar-refractivity contribution in [1.29, 1.82) is 0 Å². The van der Waals surface area contributed by atoms with Gasteiger partial charge in [-0.3, -0.25) is 29.3 Å². The summed E-state index contributed by atoms with van der Waals surface area (Å²) >= 11 is 9.91. The van der Waals surface area contributed by atoms with Crippen LogP contribution in [0, 0.1) is 22.6 Å². The van der Waals surface area contributed by atoms with E-state index < -0.39 is 4.92 Å². The van der Waals surface area contributed by atoms with Crippen LogP contribution in [0.4, 0.5) is 28.4 Å². The number of non-ortho nitro benzene ring substituents is 1. The first-order chi connectivity index (χ1) is 40.1. The number of hydrogen-bond donors (Lipinski definition) is 3. The van der Waals surface area contributed by atoms with Gasteiger partial charge in [0, 0.05) is 116 Å². The number of nitrogens with zero attached hydrogens (tertiary/aromatic N) is 8. The fourth-order valence-corrected chi connectivity index (χ4v) is 9.09. The Hall–Kier alpha value is -8.24. The van der Waals surface area contributed by atoms with Crippen LogP contribution in [0.25, 0.3) is 0 Å². The lowest BCUT2D eigenvalue weighted by Gasteiger charge is -2.14. The molecule has 0 saturated carbocycles. The first-order valence-electron chi connectivity index (χ1n) is 27.9. The Morgan fingerprint density at radius 1 is 0.609 bits per heavy atom. The number of hydrogen-bond acceptors (Lipinski definition) is 12. The summed E-state index contributed by atoms with van der Waals surface area (Å²) in [5, 5.41) is 14.2. The largest absolute Gasteiger partial charge is 0.399 e. The number of carbonyl (C=O) groups excluding carboxylic acids is 4. The monoisotopic (exact) mass is 1230 g/mol. The molecule has 18 nitrogen and oxygen atoms in total. The van der Waals surface area contributed by atoms with Gasteiger partial charge in [0.1, 0.15) is 49.6 Å². The van der Waals surface area contributed by atoms with Crippen molar-refractivity contribution in [3.8, 4) is 12.5 Å². The van der Waals surface area contributed by atoms with Gasteiger partial charge in [0.25, 0.3) is 5.69 Å². The Kier molecular flexibility index (Phi) is 31.0. The number of anilines is 1. The van der Waals surface area contributed by atoms with Gasteiger partial charge in [-0.2, -0.15) is 0 Å². The van der Waals surface area contributed by atoms with E-state index in [9.17, 15) is 29.3 Å². The Bertz CT molecular complexity index is 3380. The van der Waals surface area contributed by atoms with Crippen LogP contribution < -0.4 is 16.8 Å². The van der Waals surface area contributed by atoms with Crippen molar-refractivity contribution in [3.63, 3.8) is 0 Å². The van der Waals surface area contributed by atoms with Gasteiger partial charge in [0.05, 0.1) is 28.0 Å². The van der Waals surface area contributed by atoms with Crippen LogP contribution >= 0.6 is 23.5 Å². The second-order valence-electron chi connectivity index (χ2n) is 21.6. The number of ketones is 3. The molecule has 5 aliphatic rings. The summed E-state index contributed by atoms with van der Waals surface area (Å²) in [6, 6.07) is 28.9. The van der Waals surface area contributed by atoms with Gasteiger partial charge < -0.3 is 35.8 Å². The van der Waals surface area contributed by atoms with Crippen LogP contribution in [0.1, 0.15) is 164 Å². The van der Waals surface area contributed by atoms with E-state index in [1.165, 1.54) is 34.4 Å². The quantitative estimate of drug-likeness (QED) is 0.0283. The molecule has 0 heterocycles. The molecule has 5 aromatic carbocycles. The molecule has 0 aliphatic heterocycles. The Balaban J connectivity index is 0.000000357. The maximum atomic E-state index is 11.6. The van der Waals surface area contributed by atoms with E-state index in [1.54, 1.807) is 25.2 Å². The fraction of sp³-hybridized carbons (Fsp3) is 0.403. The normalized spacial score (nSPS) is 15.2. The molecule has 0 bridgehead atoms. The number of nitrogens with one attached hydrogen (secondary N) is 1. The van der Waals surface area contributed by atoms with Crippen molar-refractivity contribution in [2.24, 2.45) is 20.7 Å². The number of nitro groups is 1. The molecule has 468 valence electrons. The number of aliphatic imine (C=N–C) groups is 3. The average Bonchev–Trinajstić information content (AvgIpc) is 2.69. The predicted molar refractivity (Wildman–Crippen MR) is 359 cm³/mol. The molecule has 1 amide bonds. The number of aryl methyl sites for hydroxylation is 5. The number of carbonyl (C=O) groups is 4. The number of benzene rings is 5. The standard InChI is InChI=1S/C15H21N3O.C13H19N3.C13H16N2O.C9H7NO3.C9H9NO.C4H9ClN.C2HClO.2CH4/c1-10(18(3)4)16-13-7-5-12-6-8-15(14(12)9-13)17-11(2)19;1-9(16(2)3)15-11-6-4-10-5-7-13(14)12(10)8-11;1-9(15(2)3)14-11-6-4-10-5-7-13(16)12(10)8-11;11-9-4-2-6-1-3-7(10(12)13)5-8(6)9;10-7-3-1-6-2-4-9(11)8(6)5-7;1-4(5)6(2)3;1-2-4-3;;/h5,7,9,15H,6,8H2,1-4H3,(H,17,19);4,6,8,13H,5,7,14H2,1-3H3;4,6,8H,5,7H2,1-3H3;1,3,5H,2,4H2;1,3,5H,2,4,10H2;1-3H3;1H;2*1H4/q;;;;;+1;;;. The van der Waals surface area contributed by atoms with E-state index in [2.05, 4.69) is 73.2 Å². The molecule has 0 radical (unpaired) electrons. The number of nitro benzene ring substituents is 1. The third-order valence-corrected chi connectivity index (χ3v) is 15.0. The molecule has 0 saturated heterocycles. The van der Waals surface area contributed by atoms with Gasteiger partial charge in [0.15, 0.2) is 17.3 Å². The number of halogens is 2. The summed E-state index contributed by atoms with van der Waals surface area (Å²) in [5.41, 5.74) is 25.7. The molecule has 2 unspecified atom stereocenters. The lowest BCUT2D eigenvalue weighted by Crippen LogP contribution is -2.24. The van der Waals surface area contributed by atoms with E-state index in [-0.39, 0.29) is 55.9 Å². The van der Waals surface area contributed by atoms with Gasteiger partial charge in [-0.1, -0.05) is 51.6 Å². The number of amides is 1. The van der Waals surface area contributed by atoms with Gasteiger partial charge in [-0.05, 0) is 165 Å². The number of fused-ring (bicyclic) bond motifs is 5. The zero-order valence-corrected chi connectivity index (χ0v) is 52.8. The number of nitrogens with two attached hydrogens (primary N) is 2. The highest BCUT2D eigenvalue weighted by Crippen LogP contribution is 2.35. The number of rotatable bonds is 5. The summed E-state index contributed by atoms with van der Waals surface area (Å²) in [6.07, 6.45) is 14.6. The molecule has 10 rings (SSSR count). The Morgan fingerprint density at radius 2 is 0.977 bits per heavy atom. The van der Waals surface area contributed by atoms with Crippen molar-refractivity contribution in [2.75, 3.05) is 62.1 Å². The average molecular weight is 1230 g/mol.